The van der Waals surface area contributed by atoms with Crippen molar-refractivity contribution in [1.82, 2.24) is 0 Å². The van der Waals surface area contributed by atoms with Crippen LogP contribution >= 0.6 is 12.4 Å². The maximum Gasteiger partial charge on any atom is -0.147 e. The van der Waals surface area contributed by atoms with Gasteiger partial charge in [-0.3, -0.25) is 0 Å². The molecule has 0 spiro atoms. The molecule has 0 heterocycles. The zero-order valence-electron chi connectivity index (χ0n) is 2.96. The van der Waals surface area contributed by atoms with Crippen molar-refractivity contribution in [3.63, 3.8) is 0 Å². The second-order valence-electron chi connectivity index (χ2n) is 0. The van der Waals surface area contributed by atoms with E-state index in [4.69, 9.17) is 10.4 Å². The van der Waals surface area contributed by atoms with Crippen molar-refractivity contribution in [2.45, 2.75) is 0 Å². The first kappa shape index (κ1) is 36.1. The average molecular weight is 121 g/mol. The van der Waals surface area contributed by atoms with Crippen LogP contribution in [-0.4, -0.2) is 15.9 Å². The largest absolute Gasteiger partial charge is 0.412 e. The fourth-order valence-corrected chi connectivity index (χ4v) is 0. The van der Waals surface area contributed by atoms with E-state index in [-0.39, 0.29) is 17.9 Å². The third-order valence-corrected chi connectivity index (χ3v) is 0. The van der Waals surface area contributed by atoms with Gasteiger partial charge in [0, 0.05) is 0 Å². The van der Waals surface area contributed by atoms with Gasteiger partial charge in [-0.05, 0) is 0 Å². The van der Waals surface area contributed by atoms with Gasteiger partial charge in [-0.25, -0.2) is 11.8 Å². The normalized spacial score (nSPS) is 2.00. The molecule has 0 fully saturated rings. The minimum absolute atomic E-state index is 0. The van der Waals surface area contributed by atoms with Crippen LogP contribution in [0.2, 0.25) is 0 Å². The lowest BCUT2D eigenvalue weighted by atomic mass is 13.6. The first-order chi connectivity index (χ1) is 2.00. The molecule has 0 aliphatic rings. The van der Waals surface area contributed by atoms with E-state index >= 15 is 0 Å². The second kappa shape index (κ2) is 10500. The van der Waals surface area contributed by atoms with Gasteiger partial charge in [0.15, 0.2) is 0 Å². The molecular formula is H9ClN2O3. The number of halogens is 1. The van der Waals surface area contributed by atoms with E-state index in [1.54, 1.807) is 0 Å². The van der Waals surface area contributed by atoms with Crippen LogP contribution < -0.4 is 11.8 Å². The number of rotatable bonds is 0. The molecule has 0 aliphatic heterocycles. The van der Waals surface area contributed by atoms with Crippen LogP contribution in [0.4, 0.5) is 0 Å². The zero-order chi connectivity index (χ0) is 4.00. The first-order valence-electron chi connectivity index (χ1n) is 0.516. The molecule has 0 aliphatic carbocycles. The third-order valence-electron chi connectivity index (χ3n) is 0. The molecule has 6 heavy (non-hydrogen) atoms. The van der Waals surface area contributed by atoms with E-state index in [0.717, 1.165) is 0 Å². The van der Waals surface area contributed by atoms with E-state index in [2.05, 4.69) is 11.8 Å². The predicted octanol–water partition coefficient (Wildman–Crippen LogP) is -1.73. The fourth-order valence-electron chi connectivity index (χ4n) is 0. The van der Waals surface area contributed by atoms with E-state index in [9.17, 15) is 0 Å². The van der Waals surface area contributed by atoms with Gasteiger partial charge in [-0.15, -0.1) is 12.4 Å². The van der Waals surface area contributed by atoms with Crippen LogP contribution in [0.5, 0.6) is 0 Å². The fraction of sp³-hybridized carbons (Fsp3) is 0. The highest BCUT2D eigenvalue weighted by atomic mass is 35.5. The molecular weight excluding hydrogens is 111 g/mol. The Bertz CT molecular complexity index is 8.75. The minimum atomic E-state index is 0. The maximum atomic E-state index is 6.50. The molecule has 6 heteroatoms. The lowest BCUT2D eigenvalue weighted by Gasteiger charge is -1.27. The summed E-state index contributed by atoms with van der Waals surface area (Å²) >= 11 is 0. The zero-order valence-corrected chi connectivity index (χ0v) is 3.77. The number of nitrogens with two attached hydrogens (primary N) is 2. The van der Waals surface area contributed by atoms with Crippen molar-refractivity contribution in [2.75, 3.05) is 0 Å². The molecule has 0 atom stereocenters. The Morgan fingerprint density at radius 3 is 0.833 bits per heavy atom. The van der Waals surface area contributed by atoms with Crippen molar-refractivity contribution in [3.8, 4) is 0 Å². The van der Waals surface area contributed by atoms with Gasteiger partial charge in [0.1, 0.15) is 0 Å². The van der Waals surface area contributed by atoms with Crippen molar-refractivity contribution < 1.29 is 15.9 Å². The Kier molecular flexibility index (Phi) is 63300. The highest BCUT2D eigenvalue weighted by Gasteiger charge is 0.734. The Morgan fingerprint density at radius 2 is 0.833 bits per heavy atom. The smallest absolute Gasteiger partial charge is 0.147 e. The van der Waals surface area contributed by atoms with Crippen LogP contribution in [0.1, 0.15) is 0 Å². The van der Waals surface area contributed by atoms with E-state index in [1.807, 2.05) is 0 Å². The lowest BCUT2D eigenvalue weighted by Crippen LogP contribution is -1.72. The van der Waals surface area contributed by atoms with Gasteiger partial charge in [0.2, 0.25) is 0 Å². The minimum Gasteiger partial charge on any atom is -0.412 e. The van der Waals surface area contributed by atoms with Gasteiger partial charge in [-0.2, -0.15) is 0 Å². The number of hydrogen-bond donors (Lipinski definition) is 4. The monoisotopic (exact) mass is 120 g/mol. The van der Waals surface area contributed by atoms with Crippen LogP contribution in [0.15, 0.2) is 0 Å². The molecule has 0 unspecified atom stereocenters. The Morgan fingerprint density at radius 1 is 0.833 bits per heavy atom. The van der Waals surface area contributed by atoms with Crippen molar-refractivity contribution in [1.29, 1.82) is 0 Å². The molecule has 5 nitrogen and oxygen atoms in total. The third kappa shape index (κ3) is 4820. The van der Waals surface area contributed by atoms with E-state index < -0.39 is 0 Å². The van der Waals surface area contributed by atoms with Gasteiger partial charge in [0.25, 0.3) is 0 Å². The Hall–Kier alpha value is 0.0900. The van der Waals surface area contributed by atoms with Gasteiger partial charge >= 0.3 is 0 Å². The summed E-state index contributed by atoms with van der Waals surface area (Å²) in [4.78, 5) is 0. The molecule has 0 saturated heterocycles. The van der Waals surface area contributed by atoms with Crippen molar-refractivity contribution >= 4 is 12.4 Å². The highest BCUT2D eigenvalue weighted by Crippen LogP contribution is 0.690. The Labute approximate surface area is 41.2 Å². The predicted molar refractivity (Wildman–Crippen MR) is 22.8 cm³/mol. The lowest BCUT2D eigenvalue weighted by molar-refractivity contribution is 0.311. The van der Waals surface area contributed by atoms with E-state index in [1.165, 1.54) is 0 Å². The van der Waals surface area contributed by atoms with Crippen molar-refractivity contribution in [3.05, 3.63) is 0 Å². The molecule has 44 valence electrons. The van der Waals surface area contributed by atoms with E-state index in [0.29, 0.717) is 0 Å². The Balaban J connectivity index is -0.00000000500. The number of hydrogen-bond acceptors (Lipinski definition) is 4. The standard InChI is InChI=1S/ClH.2H3NO.H2O/c;2*1-2;/h1H;2*2H,1H2;1H2. The molecule has 8 N–H and O–H groups in total. The van der Waals surface area contributed by atoms with Gasteiger partial charge in [-0.1, -0.05) is 0 Å². The van der Waals surface area contributed by atoms with Crippen LogP contribution in [0.25, 0.3) is 0 Å². The van der Waals surface area contributed by atoms with Gasteiger partial charge < -0.3 is 15.9 Å². The summed E-state index contributed by atoms with van der Waals surface area (Å²) in [5, 5.41) is 13.0. The van der Waals surface area contributed by atoms with Crippen LogP contribution in [-0.2, 0) is 0 Å². The first-order valence-corrected chi connectivity index (χ1v) is 0.516. The van der Waals surface area contributed by atoms with Crippen molar-refractivity contribution in [2.24, 2.45) is 11.8 Å². The summed E-state index contributed by atoms with van der Waals surface area (Å²) in [5.74, 6) is 7.00. The van der Waals surface area contributed by atoms with Crippen LogP contribution in [0, 0.1) is 0 Å². The van der Waals surface area contributed by atoms with Gasteiger partial charge in [0.05, 0.1) is 0 Å². The molecule has 0 aromatic heterocycles. The molecule has 0 aromatic rings. The quantitative estimate of drug-likeness (QED) is 0.284. The average Bonchev–Trinajstić information content (AvgIpc) is 1.50. The molecule has 0 saturated carbocycles. The topological polar surface area (TPSA) is 124 Å². The molecule has 0 bridgehead atoms. The summed E-state index contributed by atoms with van der Waals surface area (Å²) in [7, 11) is 0. The summed E-state index contributed by atoms with van der Waals surface area (Å²) in [6.07, 6.45) is 0. The molecule has 0 amide bonds. The second-order valence-corrected chi connectivity index (χ2v) is 0. The molecule has 0 aromatic carbocycles. The van der Waals surface area contributed by atoms with Crippen LogP contribution in [0.3, 0.4) is 0 Å². The SMILES string of the molecule is Cl.NO.NO.O. The highest BCUT2D eigenvalue weighted by molar-refractivity contribution is 5.85. The summed E-state index contributed by atoms with van der Waals surface area (Å²) in [6.45, 7) is 0. The summed E-state index contributed by atoms with van der Waals surface area (Å²) in [6, 6.07) is 0. The summed E-state index contributed by atoms with van der Waals surface area (Å²) < 4.78 is 0. The summed E-state index contributed by atoms with van der Waals surface area (Å²) in [5.41, 5.74) is 0. The molecule has 0 rings (SSSR count). The molecule has 0 radical (unpaired) electrons. The maximum absolute atomic E-state index is 6.50.